The molecule has 2 atom stereocenters. The maximum absolute atomic E-state index is 5.64. The predicted molar refractivity (Wildman–Crippen MR) is 64.8 cm³/mol. The van der Waals surface area contributed by atoms with Gasteiger partial charge >= 0.3 is 0 Å². The Balaban J connectivity index is 0.00000112. The Morgan fingerprint density at radius 3 is 2.73 bits per heavy atom. The fraction of sp³-hybridized carbons (Fsp3) is 0.500. The van der Waals surface area contributed by atoms with E-state index in [9.17, 15) is 0 Å². The van der Waals surface area contributed by atoms with Gasteiger partial charge in [0.2, 0.25) is 0 Å². The van der Waals surface area contributed by atoms with Crippen LogP contribution in [0.4, 0.5) is 0 Å². The molecular weight excluding hydrogens is 210 g/mol. The molecule has 1 aliphatic rings. The highest BCUT2D eigenvalue weighted by Gasteiger charge is 2.38. The van der Waals surface area contributed by atoms with Gasteiger partial charge in [-0.1, -0.05) is 18.2 Å². The van der Waals surface area contributed by atoms with E-state index in [1.165, 1.54) is 12.0 Å². The van der Waals surface area contributed by atoms with E-state index < -0.39 is 0 Å². The van der Waals surface area contributed by atoms with E-state index >= 15 is 0 Å². The van der Waals surface area contributed by atoms with Crippen LogP contribution < -0.4 is 10.5 Å². The maximum atomic E-state index is 5.64. The van der Waals surface area contributed by atoms with E-state index in [2.05, 4.69) is 12.1 Å². The normalized spacial score (nSPS) is 23.1. The van der Waals surface area contributed by atoms with Gasteiger partial charge in [-0.15, -0.1) is 12.4 Å². The Morgan fingerprint density at radius 2 is 2.13 bits per heavy atom. The topological polar surface area (TPSA) is 35.2 Å². The minimum atomic E-state index is 0. The van der Waals surface area contributed by atoms with Gasteiger partial charge in [0.1, 0.15) is 5.75 Å². The molecule has 1 saturated carbocycles. The third-order valence-electron chi connectivity index (χ3n) is 2.84. The number of nitrogens with two attached hydrogens (primary N) is 1. The monoisotopic (exact) mass is 227 g/mol. The average Bonchev–Trinajstić information content (AvgIpc) is 2.98. The molecule has 84 valence electrons. The Morgan fingerprint density at radius 1 is 1.40 bits per heavy atom. The molecule has 1 fully saturated rings. The second kappa shape index (κ2) is 5.38. The fourth-order valence-electron chi connectivity index (χ4n) is 1.96. The molecule has 1 aliphatic carbocycles. The van der Waals surface area contributed by atoms with E-state index in [1.807, 2.05) is 19.1 Å². The van der Waals surface area contributed by atoms with Gasteiger partial charge in [-0.3, -0.25) is 0 Å². The van der Waals surface area contributed by atoms with E-state index in [0.717, 1.165) is 18.9 Å². The van der Waals surface area contributed by atoms with Crippen molar-refractivity contribution >= 4 is 12.4 Å². The van der Waals surface area contributed by atoms with Crippen LogP contribution in [-0.2, 0) is 0 Å². The molecule has 0 spiro atoms. The quantitative estimate of drug-likeness (QED) is 0.858. The molecule has 0 bridgehead atoms. The van der Waals surface area contributed by atoms with Gasteiger partial charge in [0.15, 0.2) is 0 Å². The summed E-state index contributed by atoms with van der Waals surface area (Å²) in [5, 5.41) is 0. The van der Waals surface area contributed by atoms with Crippen LogP contribution in [0.15, 0.2) is 24.3 Å². The molecule has 1 aromatic rings. The molecule has 1 aromatic carbocycles. The van der Waals surface area contributed by atoms with Gasteiger partial charge in [0.05, 0.1) is 6.61 Å². The third kappa shape index (κ3) is 2.64. The maximum Gasteiger partial charge on any atom is 0.122 e. The Kier molecular flexibility index (Phi) is 4.43. The Hall–Kier alpha value is -0.730. The van der Waals surface area contributed by atoms with Crippen LogP contribution in [0, 0.1) is 5.92 Å². The third-order valence-corrected chi connectivity index (χ3v) is 2.84. The summed E-state index contributed by atoms with van der Waals surface area (Å²) in [5.41, 5.74) is 6.98. The van der Waals surface area contributed by atoms with Gasteiger partial charge in [-0.2, -0.15) is 0 Å². The molecule has 0 unspecified atom stereocenters. The van der Waals surface area contributed by atoms with Crippen molar-refractivity contribution in [3.05, 3.63) is 29.8 Å². The molecule has 0 aliphatic heterocycles. The zero-order chi connectivity index (χ0) is 9.97. The number of ether oxygens (including phenoxy) is 1. The SMILES string of the molecule is CCOc1ccccc1[C@H]1C[C@@H]1CN.Cl. The minimum absolute atomic E-state index is 0. The highest BCUT2D eigenvalue weighted by atomic mass is 35.5. The molecule has 0 amide bonds. The summed E-state index contributed by atoms with van der Waals surface area (Å²) < 4.78 is 5.59. The molecule has 15 heavy (non-hydrogen) atoms. The molecule has 2 nitrogen and oxygen atoms in total. The van der Waals surface area contributed by atoms with Crippen molar-refractivity contribution in [1.82, 2.24) is 0 Å². The van der Waals surface area contributed by atoms with Crippen LogP contribution in [-0.4, -0.2) is 13.2 Å². The van der Waals surface area contributed by atoms with Crippen molar-refractivity contribution in [3.8, 4) is 5.75 Å². The van der Waals surface area contributed by atoms with Gasteiger partial charge in [-0.05, 0) is 43.4 Å². The summed E-state index contributed by atoms with van der Waals surface area (Å²) in [6, 6.07) is 8.30. The fourth-order valence-corrected chi connectivity index (χ4v) is 1.96. The van der Waals surface area contributed by atoms with Crippen molar-refractivity contribution < 1.29 is 4.74 Å². The molecule has 0 aromatic heterocycles. The number of halogens is 1. The first-order valence-electron chi connectivity index (χ1n) is 5.28. The Bertz CT molecular complexity index is 316. The number of hydrogen-bond donors (Lipinski definition) is 1. The van der Waals surface area contributed by atoms with Gasteiger partial charge < -0.3 is 10.5 Å². The van der Waals surface area contributed by atoms with Crippen LogP contribution in [0.5, 0.6) is 5.75 Å². The van der Waals surface area contributed by atoms with Crippen molar-refractivity contribution in [2.24, 2.45) is 11.7 Å². The lowest BCUT2D eigenvalue weighted by Gasteiger charge is -2.09. The average molecular weight is 228 g/mol. The molecular formula is C12H18ClNO. The van der Waals surface area contributed by atoms with Crippen molar-refractivity contribution in [2.75, 3.05) is 13.2 Å². The number of rotatable bonds is 4. The summed E-state index contributed by atoms with van der Waals surface area (Å²) in [6.07, 6.45) is 1.22. The lowest BCUT2D eigenvalue weighted by molar-refractivity contribution is 0.336. The summed E-state index contributed by atoms with van der Waals surface area (Å²) in [6.45, 7) is 3.55. The second-order valence-electron chi connectivity index (χ2n) is 3.81. The molecule has 2 N–H and O–H groups in total. The van der Waals surface area contributed by atoms with Gasteiger partial charge in [0, 0.05) is 0 Å². The van der Waals surface area contributed by atoms with Crippen LogP contribution in [0.25, 0.3) is 0 Å². The number of hydrogen-bond acceptors (Lipinski definition) is 2. The van der Waals surface area contributed by atoms with Crippen LogP contribution in [0.3, 0.4) is 0 Å². The first kappa shape index (κ1) is 12.3. The van der Waals surface area contributed by atoms with Gasteiger partial charge in [0.25, 0.3) is 0 Å². The zero-order valence-electron chi connectivity index (χ0n) is 8.98. The first-order valence-corrected chi connectivity index (χ1v) is 5.28. The second-order valence-corrected chi connectivity index (χ2v) is 3.81. The highest BCUT2D eigenvalue weighted by molar-refractivity contribution is 5.85. The predicted octanol–water partition coefficient (Wildman–Crippen LogP) is 2.57. The summed E-state index contributed by atoms with van der Waals surface area (Å²) >= 11 is 0. The Labute approximate surface area is 97.2 Å². The molecule has 0 heterocycles. The van der Waals surface area contributed by atoms with E-state index in [-0.39, 0.29) is 12.4 Å². The largest absolute Gasteiger partial charge is 0.494 e. The minimum Gasteiger partial charge on any atom is -0.494 e. The van der Waals surface area contributed by atoms with E-state index in [0.29, 0.717) is 11.8 Å². The lowest BCUT2D eigenvalue weighted by atomic mass is 10.1. The lowest BCUT2D eigenvalue weighted by Crippen LogP contribution is -2.03. The number of benzene rings is 1. The summed E-state index contributed by atoms with van der Waals surface area (Å²) in [7, 11) is 0. The summed E-state index contributed by atoms with van der Waals surface area (Å²) in [5.74, 6) is 2.36. The summed E-state index contributed by atoms with van der Waals surface area (Å²) in [4.78, 5) is 0. The van der Waals surface area contributed by atoms with Crippen molar-refractivity contribution in [1.29, 1.82) is 0 Å². The number of para-hydroxylation sites is 1. The molecule has 2 rings (SSSR count). The van der Waals surface area contributed by atoms with Crippen molar-refractivity contribution in [2.45, 2.75) is 19.3 Å². The van der Waals surface area contributed by atoms with Crippen LogP contribution in [0.1, 0.15) is 24.8 Å². The molecule has 0 radical (unpaired) electrons. The van der Waals surface area contributed by atoms with Gasteiger partial charge in [-0.25, -0.2) is 0 Å². The smallest absolute Gasteiger partial charge is 0.122 e. The van der Waals surface area contributed by atoms with Crippen LogP contribution in [0.2, 0.25) is 0 Å². The standard InChI is InChI=1S/C12H17NO.ClH/c1-2-14-12-6-4-3-5-10(12)11-7-9(11)8-13;/h3-6,9,11H,2,7-8,13H2,1H3;1H/t9-,11+;/m1./s1. The van der Waals surface area contributed by atoms with E-state index in [4.69, 9.17) is 10.5 Å². The van der Waals surface area contributed by atoms with Crippen molar-refractivity contribution in [3.63, 3.8) is 0 Å². The molecule has 3 heteroatoms. The first-order chi connectivity index (χ1) is 6.86. The zero-order valence-corrected chi connectivity index (χ0v) is 9.80. The molecule has 0 saturated heterocycles. The highest BCUT2D eigenvalue weighted by Crippen LogP contribution is 2.49. The van der Waals surface area contributed by atoms with E-state index in [1.54, 1.807) is 0 Å². The van der Waals surface area contributed by atoms with Crippen LogP contribution >= 0.6 is 12.4 Å².